The summed E-state index contributed by atoms with van der Waals surface area (Å²) in [7, 11) is 0. The van der Waals surface area contributed by atoms with Crippen molar-refractivity contribution < 1.29 is 9.90 Å². The molecule has 1 heterocycles. The van der Waals surface area contributed by atoms with Gasteiger partial charge in [0.15, 0.2) is 5.69 Å². The average molecular weight is 260 g/mol. The number of amides is 1. The fourth-order valence-corrected chi connectivity index (χ4v) is 1.78. The van der Waals surface area contributed by atoms with Crippen LogP contribution in [0.1, 0.15) is 36.8 Å². The van der Waals surface area contributed by atoms with Gasteiger partial charge in [-0.2, -0.15) is 15.4 Å². The number of hydrogen-bond donors (Lipinski definition) is 3. The number of H-pyrrole nitrogens is 1. The predicted octanol–water partition coefficient (Wildman–Crippen LogP) is 1.57. The number of nitrogens with two attached hydrogens (primary N) is 1. The Balaban J connectivity index is 2.62. The second-order valence-electron chi connectivity index (χ2n) is 5.37. The van der Waals surface area contributed by atoms with Crippen molar-refractivity contribution in [3.05, 3.63) is 29.5 Å². The highest BCUT2D eigenvalue weighted by atomic mass is 16.3. The van der Waals surface area contributed by atoms with Crippen LogP contribution < -0.4 is 5.73 Å². The normalized spacial score (nSPS) is 11.5. The van der Waals surface area contributed by atoms with Gasteiger partial charge in [0.1, 0.15) is 11.4 Å². The van der Waals surface area contributed by atoms with E-state index in [1.54, 1.807) is 12.1 Å². The molecular weight excluding hydrogens is 244 g/mol. The largest absolute Gasteiger partial charge is 0.507 e. The number of hydrogen-bond acceptors (Lipinski definition) is 4. The number of phenolic OH excluding ortho intramolecular Hbond substituents is 1. The van der Waals surface area contributed by atoms with E-state index in [1.807, 2.05) is 6.07 Å². The van der Waals surface area contributed by atoms with Crippen molar-refractivity contribution in [3.63, 3.8) is 0 Å². The summed E-state index contributed by atoms with van der Waals surface area (Å²) in [6, 6.07) is 5.21. The second kappa shape index (κ2) is 4.38. The molecular formula is C13H16N4O2. The summed E-state index contributed by atoms with van der Waals surface area (Å²) in [6.45, 7) is 6.17. The molecule has 0 spiro atoms. The Morgan fingerprint density at radius 1 is 1.32 bits per heavy atom. The van der Waals surface area contributed by atoms with Crippen LogP contribution in [0.5, 0.6) is 5.75 Å². The minimum Gasteiger partial charge on any atom is -0.507 e. The molecule has 6 nitrogen and oxygen atoms in total. The molecule has 1 amide bonds. The first kappa shape index (κ1) is 13.1. The average Bonchev–Trinajstić information content (AvgIpc) is 2.76. The van der Waals surface area contributed by atoms with Crippen molar-refractivity contribution in [2.24, 2.45) is 5.73 Å². The van der Waals surface area contributed by atoms with E-state index in [0.717, 1.165) is 5.56 Å². The van der Waals surface area contributed by atoms with Crippen molar-refractivity contribution in [3.8, 4) is 17.0 Å². The molecule has 0 saturated heterocycles. The first-order valence-corrected chi connectivity index (χ1v) is 5.85. The van der Waals surface area contributed by atoms with Crippen LogP contribution in [0.15, 0.2) is 18.2 Å². The van der Waals surface area contributed by atoms with Crippen LogP contribution in [-0.2, 0) is 5.41 Å². The smallest absolute Gasteiger partial charge is 0.271 e. The Bertz CT molecular complexity index is 626. The van der Waals surface area contributed by atoms with Gasteiger partial charge in [0, 0.05) is 5.56 Å². The number of nitrogens with zero attached hydrogens (tertiary/aromatic N) is 2. The molecule has 0 unspecified atom stereocenters. The predicted molar refractivity (Wildman–Crippen MR) is 70.7 cm³/mol. The molecule has 0 bridgehead atoms. The molecule has 0 radical (unpaired) electrons. The summed E-state index contributed by atoms with van der Waals surface area (Å²) >= 11 is 0. The number of phenols is 1. The van der Waals surface area contributed by atoms with Crippen LogP contribution in [0.25, 0.3) is 11.3 Å². The van der Waals surface area contributed by atoms with E-state index in [9.17, 15) is 9.90 Å². The van der Waals surface area contributed by atoms with Crippen LogP contribution in [0.3, 0.4) is 0 Å². The highest BCUT2D eigenvalue weighted by Crippen LogP contribution is 2.33. The lowest BCUT2D eigenvalue weighted by atomic mass is 9.85. The Hall–Kier alpha value is -2.37. The van der Waals surface area contributed by atoms with Crippen molar-refractivity contribution in [1.82, 2.24) is 15.4 Å². The molecule has 0 saturated carbocycles. The number of carbonyl (C=O) groups excluding carboxylic acids is 1. The lowest BCUT2D eigenvalue weighted by Crippen LogP contribution is -2.13. The highest BCUT2D eigenvalue weighted by Gasteiger charge is 2.21. The van der Waals surface area contributed by atoms with Gasteiger partial charge in [-0.05, 0) is 23.1 Å². The molecule has 6 heteroatoms. The topological polar surface area (TPSA) is 105 Å². The number of aromatic amines is 1. The van der Waals surface area contributed by atoms with Crippen LogP contribution >= 0.6 is 0 Å². The summed E-state index contributed by atoms with van der Waals surface area (Å²) in [5.74, 6) is -0.659. The molecule has 100 valence electrons. The standard InChI is InChI=1S/C13H16N4O2/c1-13(2,3)7-4-5-9(18)8(6-7)10-11(12(14)19)16-17-15-10/h4-6,18H,1-3H3,(H2,14,19)(H,15,16,17). The fraction of sp³-hybridized carbons (Fsp3) is 0.308. The van der Waals surface area contributed by atoms with Gasteiger partial charge in [-0.25, -0.2) is 0 Å². The number of aromatic hydroxyl groups is 1. The van der Waals surface area contributed by atoms with E-state index in [1.165, 1.54) is 0 Å². The molecule has 0 aliphatic rings. The van der Waals surface area contributed by atoms with Gasteiger partial charge in [-0.1, -0.05) is 26.8 Å². The number of primary amides is 1. The van der Waals surface area contributed by atoms with E-state index in [2.05, 4.69) is 36.2 Å². The Labute approximate surface area is 110 Å². The van der Waals surface area contributed by atoms with Crippen LogP contribution in [-0.4, -0.2) is 26.4 Å². The summed E-state index contributed by atoms with van der Waals surface area (Å²) < 4.78 is 0. The quantitative estimate of drug-likeness (QED) is 0.762. The van der Waals surface area contributed by atoms with Crippen molar-refractivity contribution in [2.45, 2.75) is 26.2 Å². The van der Waals surface area contributed by atoms with Gasteiger partial charge in [-0.15, -0.1) is 0 Å². The maximum atomic E-state index is 11.3. The van der Waals surface area contributed by atoms with Crippen LogP contribution in [0, 0.1) is 0 Å². The minimum atomic E-state index is -0.690. The summed E-state index contributed by atoms with van der Waals surface area (Å²) in [5.41, 5.74) is 6.87. The van der Waals surface area contributed by atoms with Gasteiger partial charge in [0.05, 0.1) is 0 Å². The SMILES string of the molecule is CC(C)(C)c1ccc(O)c(-c2n[nH]nc2C(N)=O)c1. The maximum absolute atomic E-state index is 11.3. The lowest BCUT2D eigenvalue weighted by molar-refractivity contribution is 0.0996. The number of nitrogens with one attached hydrogen (secondary N) is 1. The van der Waals surface area contributed by atoms with Gasteiger partial charge >= 0.3 is 0 Å². The zero-order valence-electron chi connectivity index (χ0n) is 11.1. The third-order valence-electron chi connectivity index (χ3n) is 2.90. The highest BCUT2D eigenvalue weighted by molar-refractivity contribution is 5.97. The fourth-order valence-electron chi connectivity index (χ4n) is 1.78. The lowest BCUT2D eigenvalue weighted by Gasteiger charge is -2.20. The molecule has 0 atom stereocenters. The van der Waals surface area contributed by atoms with Gasteiger partial charge in [0.25, 0.3) is 5.91 Å². The molecule has 1 aromatic heterocycles. The maximum Gasteiger partial charge on any atom is 0.271 e. The van der Waals surface area contributed by atoms with E-state index in [-0.39, 0.29) is 22.6 Å². The Morgan fingerprint density at radius 2 is 2.00 bits per heavy atom. The van der Waals surface area contributed by atoms with Crippen LogP contribution in [0.2, 0.25) is 0 Å². The van der Waals surface area contributed by atoms with E-state index in [0.29, 0.717) is 5.56 Å². The number of carbonyl (C=O) groups is 1. The Morgan fingerprint density at radius 3 is 2.58 bits per heavy atom. The van der Waals surface area contributed by atoms with Gasteiger partial charge in [0.2, 0.25) is 0 Å². The minimum absolute atomic E-state index is 0.0151. The molecule has 19 heavy (non-hydrogen) atoms. The molecule has 1 aromatic carbocycles. The molecule has 0 aliphatic heterocycles. The number of benzene rings is 1. The first-order valence-electron chi connectivity index (χ1n) is 5.85. The van der Waals surface area contributed by atoms with E-state index in [4.69, 9.17) is 5.73 Å². The van der Waals surface area contributed by atoms with Gasteiger partial charge in [-0.3, -0.25) is 4.79 Å². The third kappa shape index (κ3) is 2.42. The molecule has 2 aromatic rings. The van der Waals surface area contributed by atoms with Crippen molar-refractivity contribution in [2.75, 3.05) is 0 Å². The number of rotatable bonds is 2. The zero-order valence-corrected chi connectivity index (χ0v) is 11.1. The van der Waals surface area contributed by atoms with Gasteiger partial charge < -0.3 is 10.8 Å². The molecule has 4 N–H and O–H groups in total. The van der Waals surface area contributed by atoms with Crippen LogP contribution in [0.4, 0.5) is 0 Å². The summed E-state index contributed by atoms with van der Waals surface area (Å²) in [6.07, 6.45) is 0. The second-order valence-corrected chi connectivity index (χ2v) is 5.37. The zero-order chi connectivity index (χ0) is 14.2. The molecule has 0 aliphatic carbocycles. The Kier molecular flexibility index (Phi) is 3.01. The van der Waals surface area contributed by atoms with E-state index >= 15 is 0 Å². The molecule has 0 fully saturated rings. The third-order valence-corrected chi connectivity index (χ3v) is 2.90. The number of aromatic nitrogens is 3. The summed E-state index contributed by atoms with van der Waals surface area (Å²) in [5, 5.41) is 19.9. The van der Waals surface area contributed by atoms with E-state index < -0.39 is 5.91 Å². The van der Waals surface area contributed by atoms with Crippen molar-refractivity contribution in [1.29, 1.82) is 0 Å². The summed E-state index contributed by atoms with van der Waals surface area (Å²) in [4.78, 5) is 11.3. The van der Waals surface area contributed by atoms with Crippen molar-refractivity contribution >= 4 is 5.91 Å². The first-order chi connectivity index (χ1) is 8.80. The monoisotopic (exact) mass is 260 g/mol. The molecule has 2 rings (SSSR count).